The average molecular weight is 373 g/mol. The molecule has 4 heteroatoms. The first-order valence-electron chi connectivity index (χ1n) is 9.41. The smallest absolute Gasteiger partial charge is 0.223 e. The van der Waals surface area contributed by atoms with Gasteiger partial charge in [0.05, 0.1) is 6.54 Å². The zero-order chi connectivity index (χ0) is 18.8. The fourth-order valence-electron chi connectivity index (χ4n) is 3.05. The number of rotatable bonds is 11. The molecule has 0 saturated heterocycles. The van der Waals surface area contributed by atoms with E-state index in [0.29, 0.717) is 19.5 Å². The second kappa shape index (κ2) is 10.9. The van der Waals surface area contributed by atoms with Gasteiger partial charge in [-0.3, -0.25) is 4.79 Å². The molecule has 0 aliphatic rings. The minimum Gasteiger partial charge on any atom is -0.345 e. The van der Waals surface area contributed by atoms with Gasteiger partial charge < -0.3 is 9.47 Å². The Morgan fingerprint density at radius 1 is 1.23 bits per heavy atom. The Morgan fingerprint density at radius 2 is 2.08 bits per heavy atom. The molecule has 0 aliphatic heterocycles. The van der Waals surface area contributed by atoms with Crippen LogP contribution in [0.25, 0.3) is 0 Å². The summed E-state index contributed by atoms with van der Waals surface area (Å²) in [4.78, 5) is 14.5. The van der Waals surface area contributed by atoms with Crippen LogP contribution in [0.2, 0.25) is 5.02 Å². The quantitative estimate of drug-likeness (QED) is 0.368. The van der Waals surface area contributed by atoms with Gasteiger partial charge in [-0.15, -0.1) is 6.58 Å². The van der Waals surface area contributed by atoms with Gasteiger partial charge in [-0.2, -0.15) is 0 Å². The number of halogens is 1. The second-order valence-electron chi connectivity index (χ2n) is 6.63. The molecule has 3 nitrogen and oxygen atoms in total. The van der Waals surface area contributed by atoms with Crippen LogP contribution in [-0.2, 0) is 17.9 Å². The summed E-state index contributed by atoms with van der Waals surface area (Å²) in [5.41, 5.74) is 2.27. The highest BCUT2D eigenvalue weighted by molar-refractivity contribution is 6.30. The topological polar surface area (TPSA) is 25.2 Å². The maximum absolute atomic E-state index is 12.6. The summed E-state index contributed by atoms with van der Waals surface area (Å²) in [5.74, 6) is 0.205. The molecule has 1 aromatic heterocycles. The largest absolute Gasteiger partial charge is 0.345 e. The van der Waals surface area contributed by atoms with Gasteiger partial charge in [-0.1, -0.05) is 56.0 Å². The Hall–Kier alpha value is -2.00. The number of nitrogens with zero attached hydrogens (tertiary/aromatic N) is 2. The minimum absolute atomic E-state index is 0.205. The number of carbonyl (C=O) groups is 1. The third kappa shape index (κ3) is 6.38. The van der Waals surface area contributed by atoms with Crippen molar-refractivity contribution in [3.63, 3.8) is 0 Å². The molecular weight excluding hydrogens is 344 g/mol. The molecule has 0 spiro atoms. The van der Waals surface area contributed by atoms with Crippen LogP contribution in [-0.4, -0.2) is 21.9 Å². The van der Waals surface area contributed by atoms with E-state index in [4.69, 9.17) is 11.6 Å². The van der Waals surface area contributed by atoms with Crippen molar-refractivity contribution < 1.29 is 4.79 Å². The number of carbonyl (C=O) groups excluding carboxylic acids is 1. The molecule has 2 rings (SSSR count). The van der Waals surface area contributed by atoms with Crippen molar-refractivity contribution in [1.82, 2.24) is 9.47 Å². The average Bonchev–Trinajstić information content (AvgIpc) is 3.05. The summed E-state index contributed by atoms with van der Waals surface area (Å²) in [6, 6.07) is 12.0. The lowest BCUT2D eigenvalue weighted by Gasteiger charge is -2.22. The van der Waals surface area contributed by atoms with E-state index in [1.807, 2.05) is 35.4 Å². The molecule has 0 fully saturated rings. The van der Waals surface area contributed by atoms with Gasteiger partial charge in [0.25, 0.3) is 0 Å². The van der Waals surface area contributed by atoms with Crippen molar-refractivity contribution >= 4 is 17.5 Å². The number of hydrogen-bond donors (Lipinski definition) is 0. The number of amides is 1. The third-order valence-electron chi connectivity index (χ3n) is 4.46. The van der Waals surface area contributed by atoms with Crippen molar-refractivity contribution in [2.24, 2.45) is 0 Å². The van der Waals surface area contributed by atoms with Crippen molar-refractivity contribution in [3.8, 4) is 0 Å². The first kappa shape index (κ1) is 20.3. The fraction of sp³-hybridized carbons (Fsp3) is 0.409. The van der Waals surface area contributed by atoms with Crippen LogP contribution in [0.1, 0.15) is 50.3 Å². The summed E-state index contributed by atoms with van der Waals surface area (Å²) in [7, 11) is 0. The summed E-state index contributed by atoms with van der Waals surface area (Å²) in [5, 5.41) is 0.742. The molecule has 1 heterocycles. The van der Waals surface area contributed by atoms with Crippen LogP contribution in [0.4, 0.5) is 0 Å². The summed E-state index contributed by atoms with van der Waals surface area (Å²) in [6.07, 6.45) is 8.92. The zero-order valence-electron chi connectivity index (χ0n) is 15.7. The predicted molar refractivity (Wildman–Crippen MR) is 109 cm³/mol. The lowest BCUT2D eigenvalue weighted by atomic mass is 10.1. The molecule has 0 bridgehead atoms. The van der Waals surface area contributed by atoms with Gasteiger partial charge >= 0.3 is 0 Å². The Morgan fingerprint density at radius 3 is 2.81 bits per heavy atom. The molecule has 26 heavy (non-hydrogen) atoms. The van der Waals surface area contributed by atoms with Gasteiger partial charge in [0.1, 0.15) is 0 Å². The molecule has 0 radical (unpaired) electrons. The van der Waals surface area contributed by atoms with E-state index >= 15 is 0 Å². The molecule has 0 aliphatic carbocycles. The van der Waals surface area contributed by atoms with Crippen LogP contribution in [0, 0.1) is 0 Å². The highest BCUT2D eigenvalue weighted by Crippen LogP contribution is 2.15. The van der Waals surface area contributed by atoms with Gasteiger partial charge in [0.2, 0.25) is 5.91 Å². The molecule has 140 valence electrons. The molecule has 1 amide bonds. The normalized spacial score (nSPS) is 10.7. The van der Waals surface area contributed by atoms with Crippen LogP contribution in [0.3, 0.4) is 0 Å². The van der Waals surface area contributed by atoms with E-state index in [1.54, 1.807) is 6.08 Å². The first-order chi connectivity index (χ1) is 12.6. The molecule has 2 aromatic rings. The lowest BCUT2D eigenvalue weighted by Crippen LogP contribution is -2.31. The van der Waals surface area contributed by atoms with E-state index in [9.17, 15) is 4.79 Å². The van der Waals surface area contributed by atoms with Crippen LogP contribution in [0.5, 0.6) is 0 Å². The van der Waals surface area contributed by atoms with Crippen LogP contribution in [0.15, 0.2) is 55.3 Å². The Balaban J connectivity index is 2.01. The molecule has 0 atom stereocenters. The van der Waals surface area contributed by atoms with Crippen molar-refractivity contribution in [2.45, 2.75) is 52.1 Å². The maximum atomic E-state index is 12.6. The Labute approximate surface area is 162 Å². The zero-order valence-corrected chi connectivity index (χ0v) is 16.4. The fourth-order valence-corrected chi connectivity index (χ4v) is 3.26. The first-order valence-corrected chi connectivity index (χ1v) is 9.79. The van der Waals surface area contributed by atoms with E-state index in [0.717, 1.165) is 35.7 Å². The number of benzene rings is 1. The Kier molecular flexibility index (Phi) is 8.49. The van der Waals surface area contributed by atoms with Crippen molar-refractivity contribution in [3.05, 3.63) is 71.5 Å². The SMILES string of the molecule is C=CCN(Cc1cccn1Cc1cccc(Cl)c1)C(=O)CCCCCC. The van der Waals surface area contributed by atoms with Crippen molar-refractivity contribution in [2.75, 3.05) is 6.54 Å². The second-order valence-corrected chi connectivity index (χ2v) is 7.07. The number of unbranched alkanes of at least 4 members (excludes halogenated alkanes) is 3. The highest BCUT2D eigenvalue weighted by Gasteiger charge is 2.14. The van der Waals surface area contributed by atoms with Gasteiger partial charge in [-0.05, 0) is 36.2 Å². The molecular formula is C22H29ClN2O. The van der Waals surface area contributed by atoms with Gasteiger partial charge in [0.15, 0.2) is 0 Å². The molecule has 0 unspecified atom stereocenters. The van der Waals surface area contributed by atoms with E-state index < -0.39 is 0 Å². The highest BCUT2D eigenvalue weighted by atomic mass is 35.5. The molecule has 0 saturated carbocycles. The van der Waals surface area contributed by atoms with E-state index in [-0.39, 0.29) is 5.91 Å². The Bertz CT molecular complexity index is 708. The van der Waals surface area contributed by atoms with Gasteiger partial charge in [0, 0.05) is 36.4 Å². The summed E-state index contributed by atoms with van der Waals surface area (Å²) >= 11 is 6.09. The van der Waals surface area contributed by atoms with Crippen molar-refractivity contribution in [1.29, 1.82) is 0 Å². The molecule has 0 N–H and O–H groups in total. The van der Waals surface area contributed by atoms with E-state index in [2.05, 4.69) is 30.2 Å². The van der Waals surface area contributed by atoms with Crippen LogP contribution < -0.4 is 0 Å². The lowest BCUT2D eigenvalue weighted by molar-refractivity contribution is -0.131. The number of hydrogen-bond acceptors (Lipinski definition) is 1. The monoisotopic (exact) mass is 372 g/mol. The third-order valence-corrected chi connectivity index (χ3v) is 4.70. The molecule has 1 aromatic carbocycles. The maximum Gasteiger partial charge on any atom is 0.223 e. The minimum atomic E-state index is 0.205. The summed E-state index contributed by atoms with van der Waals surface area (Å²) < 4.78 is 2.17. The van der Waals surface area contributed by atoms with E-state index in [1.165, 1.54) is 12.8 Å². The number of aromatic nitrogens is 1. The standard InChI is InChI=1S/C22H29ClN2O/c1-3-5-6-7-13-22(26)25(14-4-2)18-21-12-9-15-24(21)17-19-10-8-11-20(23)16-19/h4,8-12,15-16H,2-3,5-7,13-14,17-18H2,1H3. The predicted octanol–water partition coefficient (Wildman–Crippen LogP) is 5.67. The van der Waals surface area contributed by atoms with Gasteiger partial charge in [-0.25, -0.2) is 0 Å². The van der Waals surface area contributed by atoms with Crippen LogP contribution >= 0.6 is 11.6 Å². The summed E-state index contributed by atoms with van der Waals surface area (Å²) in [6.45, 7) is 7.91.